The number of esters is 1. The van der Waals surface area contributed by atoms with E-state index in [1.54, 1.807) is 7.11 Å². The van der Waals surface area contributed by atoms with Gasteiger partial charge in [-0.1, -0.05) is 6.07 Å². The predicted molar refractivity (Wildman–Crippen MR) is 109 cm³/mol. The molecular formula is C19H19NO6S2. The highest BCUT2D eigenvalue weighted by Crippen LogP contribution is 2.46. The van der Waals surface area contributed by atoms with Crippen LogP contribution in [-0.2, 0) is 27.2 Å². The van der Waals surface area contributed by atoms with Gasteiger partial charge in [-0.3, -0.25) is 9.59 Å². The van der Waals surface area contributed by atoms with Crippen molar-refractivity contribution in [1.82, 2.24) is 0 Å². The largest absolute Gasteiger partial charge is 0.497 e. The van der Waals surface area contributed by atoms with E-state index in [9.17, 15) is 14.4 Å². The molecule has 148 valence electrons. The fourth-order valence-corrected chi connectivity index (χ4v) is 4.86. The number of carboxylic acids is 1. The van der Waals surface area contributed by atoms with Gasteiger partial charge in [0.15, 0.2) is 0 Å². The molecule has 1 amide bonds. The van der Waals surface area contributed by atoms with Crippen molar-refractivity contribution >= 4 is 45.9 Å². The van der Waals surface area contributed by atoms with Gasteiger partial charge < -0.3 is 19.9 Å². The summed E-state index contributed by atoms with van der Waals surface area (Å²) in [7, 11) is 2.91. The summed E-state index contributed by atoms with van der Waals surface area (Å²) in [6.07, 6.45) is 1.55. The quantitative estimate of drug-likeness (QED) is 0.663. The third-order valence-corrected chi connectivity index (χ3v) is 6.37. The molecule has 28 heavy (non-hydrogen) atoms. The molecule has 0 unspecified atom stereocenters. The second-order valence-electron chi connectivity index (χ2n) is 6.05. The molecule has 0 spiro atoms. The third-order valence-electron chi connectivity index (χ3n) is 4.29. The number of carboxylic acid groups (broad SMARTS) is 1. The number of carbonyl (C=O) groups is 3. The van der Waals surface area contributed by atoms with Crippen molar-refractivity contribution in [1.29, 1.82) is 0 Å². The van der Waals surface area contributed by atoms with E-state index in [2.05, 4.69) is 5.32 Å². The number of fused-ring (bicyclic) bond motifs is 3. The van der Waals surface area contributed by atoms with Gasteiger partial charge >= 0.3 is 11.9 Å². The molecule has 0 aliphatic heterocycles. The number of aliphatic carboxylic acids is 1. The molecule has 3 rings (SSSR count). The van der Waals surface area contributed by atoms with Crippen LogP contribution >= 0.6 is 23.1 Å². The molecular weight excluding hydrogens is 402 g/mol. The SMILES string of the molecule is COC(=O)c1c(NC(=O)CSCC(=O)O)sc2c1-c1ccc(OC)cc1CC2. The number of thiophene rings is 1. The van der Waals surface area contributed by atoms with Gasteiger partial charge in [-0.05, 0) is 36.1 Å². The lowest BCUT2D eigenvalue weighted by Gasteiger charge is -2.18. The number of rotatable bonds is 7. The van der Waals surface area contributed by atoms with E-state index in [0.29, 0.717) is 10.6 Å². The van der Waals surface area contributed by atoms with E-state index in [1.165, 1.54) is 18.4 Å². The van der Waals surface area contributed by atoms with Crippen LogP contribution in [0.15, 0.2) is 18.2 Å². The van der Waals surface area contributed by atoms with E-state index in [4.69, 9.17) is 14.6 Å². The zero-order chi connectivity index (χ0) is 20.3. The van der Waals surface area contributed by atoms with Crippen molar-refractivity contribution in [3.05, 3.63) is 34.2 Å². The Morgan fingerprint density at radius 1 is 1.21 bits per heavy atom. The first-order valence-electron chi connectivity index (χ1n) is 8.45. The van der Waals surface area contributed by atoms with Gasteiger partial charge in [-0.25, -0.2) is 4.79 Å². The number of anilines is 1. The van der Waals surface area contributed by atoms with Crippen molar-refractivity contribution < 1.29 is 29.0 Å². The maximum Gasteiger partial charge on any atom is 0.341 e. The van der Waals surface area contributed by atoms with Crippen molar-refractivity contribution in [2.75, 3.05) is 31.0 Å². The highest BCUT2D eigenvalue weighted by atomic mass is 32.2. The van der Waals surface area contributed by atoms with Gasteiger partial charge in [0.1, 0.15) is 16.3 Å². The molecule has 1 aromatic carbocycles. The number of hydrogen-bond acceptors (Lipinski definition) is 7. The van der Waals surface area contributed by atoms with Crippen LogP contribution in [0.25, 0.3) is 11.1 Å². The van der Waals surface area contributed by atoms with Crippen LogP contribution in [-0.4, -0.2) is 48.7 Å². The number of nitrogens with one attached hydrogen (secondary N) is 1. The summed E-state index contributed by atoms with van der Waals surface area (Å²) in [5.41, 5.74) is 3.13. The summed E-state index contributed by atoms with van der Waals surface area (Å²) >= 11 is 2.36. The molecule has 2 aromatic rings. The average molecular weight is 421 g/mol. The molecule has 0 saturated heterocycles. The highest BCUT2D eigenvalue weighted by molar-refractivity contribution is 8.00. The minimum atomic E-state index is -0.980. The lowest BCUT2D eigenvalue weighted by molar-refractivity contribution is -0.133. The van der Waals surface area contributed by atoms with Crippen LogP contribution in [0.2, 0.25) is 0 Å². The summed E-state index contributed by atoms with van der Waals surface area (Å²) in [5, 5.41) is 11.9. The summed E-state index contributed by atoms with van der Waals surface area (Å²) in [4.78, 5) is 36.3. The molecule has 0 bridgehead atoms. The maximum atomic E-state index is 12.5. The lowest BCUT2D eigenvalue weighted by Crippen LogP contribution is -2.17. The van der Waals surface area contributed by atoms with Gasteiger partial charge in [0.2, 0.25) is 5.91 Å². The fraction of sp³-hybridized carbons (Fsp3) is 0.316. The molecule has 0 atom stereocenters. The number of thioether (sulfide) groups is 1. The van der Waals surface area contributed by atoms with E-state index >= 15 is 0 Å². The van der Waals surface area contributed by atoms with Crippen molar-refractivity contribution in [3.63, 3.8) is 0 Å². The molecule has 0 fully saturated rings. The van der Waals surface area contributed by atoms with Crippen molar-refractivity contribution in [2.45, 2.75) is 12.8 Å². The first-order chi connectivity index (χ1) is 13.4. The first kappa shape index (κ1) is 20.2. The highest BCUT2D eigenvalue weighted by Gasteiger charge is 2.30. The molecule has 1 heterocycles. The number of benzene rings is 1. The molecule has 7 nitrogen and oxygen atoms in total. The summed E-state index contributed by atoms with van der Waals surface area (Å²) in [6, 6.07) is 5.71. The first-order valence-corrected chi connectivity index (χ1v) is 10.4. The number of aryl methyl sites for hydroxylation is 2. The van der Waals surface area contributed by atoms with E-state index in [1.807, 2.05) is 18.2 Å². The van der Waals surface area contributed by atoms with E-state index < -0.39 is 11.9 Å². The molecule has 1 aromatic heterocycles. The monoisotopic (exact) mass is 421 g/mol. The minimum absolute atomic E-state index is 0.0106. The molecule has 0 radical (unpaired) electrons. The van der Waals surface area contributed by atoms with Crippen LogP contribution in [0.1, 0.15) is 20.8 Å². The van der Waals surface area contributed by atoms with Gasteiger partial charge in [0, 0.05) is 10.4 Å². The number of carbonyl (C=O) groups excluding carboxylic acids is 2. The zero-order valence-electron chi connectivity index (χ0n) is 15.4. The van der Waals surface area contributed by atoms with Gasteiger partial charge in [-0.15, -0.1) is 23.1 Å². The number of hydrogen-bond donors (Lipinski definition) is 2. The Morgan fingerprint density at radius 2 is 2.00 bits per heavy atom. The standard InChI is InChI=1S/C19H19NO6S2/c1-25-11-4-5-12-10(7-11)3-6-13-16(12)17(19(24)26-2)18(28-13)20-14(21)8-27-9-15(22)23/h4-5,7H,3,6,8-9H2,1-2H3,(H,20,21)(H,22,23). The fourth-order valence-electron chi connectivity index (χ4n) is 3.11. The number of methoxy groups -OCH3 is 2. The summed E-state index contributed by atoms with van der Waals surface area (Å²) in [5.74, 6) is -1.27. The molecule has 1 aliphatic carbocycles. The summed E-state index contributed by atoms with van der Waals surface area (Å²) < 4.78 is 10.3. The van der Waals surface area contributed by atoms with Crippen LogP contribution < -0.4 is 10.1 Å². The Morgan fingerprint density at radius 3 is 2.68 bits per heavy atom. The zero-order valence-corrected chi connectivity index (χ0v) is 17.0. The Hall–Kier alpha value is -2.52. The van der Waals surface area contributed by atoms with E-state index in [-0.39, 0.29) is 17.4 Å². The Labute approximate surface area is 170 Å². The smallest absolute Gasteiger partial charge is 0.341 e. The molecule has 1 aliphatic rings. The normalized spacial score (nSPS) is 11.9. The molecule has 9 heteroatoms. The predicted octanol–water partition coefficient (Wildman–Crippen LogP) is 3.07. The third kappa shape index (κ3) is 4.15. The van der Waals surface area contributed by atoms with Crippen molar-refractivity contribution in [2.24, 2.45) is 0 Å². The minimum Gasteiger partial charge on any atom is -0.497 e. The van der Waals surface area contributed by atoms with Gasteiger partial charge in [-0.2, -0.15) is 0 Å². The maximum absolute atomic E-state index is 12.5. The van der Waals surface area contributed by atoms with E-state index in [0.717, 1.165) is 51.9 Å². The van der Waals surface area contributed by atoms with Crippen LogP contribution in [0.4, 0.5) is 5.00 Å². The van der Waals surface area contributed by atoms with Crippen LogP contribution in [0.3, 0.4) is 0 Å². The molecule has 0 saturated carbocycles. The van der Waals surface area contributed by atoms with Crippen LogP contribution in [0.5, 0.6) is 5.75 Å². The van der Waals surface area contributed by atoms with Gasteiger partial charge in [0.05, 0.1) is 25.7 Å². The number of amides is 1. The second kappa shape index (κ2) is 8.66. The second-order valence-corrected chi connectivity index (χ2v) is 8.14. The van der Waals surface area contributed by atoms with Crippen LogP contribution in [0, 0.1) is 0 Å². The molecule has 2 N–H and O–H groups in total. The summed E-state index contributed by atoms with van der Waals surface area (Å²) in [6.45, 7) is 0. The Bertz CT molecular complexity index is 937. The average Bonchev–Trinajstić information content (AvgIpc) is 3.04. The topological polar surface area (TPSA) is 102 Å². The number of ether oxygens (including phenoxy) is 2. The van der Waals surface area contributed by atoms with Crippen molar-refractivity contribution in [3.8, 4) is 16.9 Å². The van der Waals surface area contributed by atoms with Gasteiger partial charge in [0.25, 0.3) is 0 Å². The Kier molecular flexibility index (Phi) is 6.25. The Balaban J connectivity index is 1.95. The lowest BCUT2D eigenvalue weighted by atomic mass is 9.88.